The van der Waals surface area contributed by atoms with E-state index >= 15 is 0 Å². The molecule has 0 saturated heterocycles. The smallest absolute Gasteiger partial charge is 0.380 e. The first-order chi connectivity index (χ1) is 6.49. The van der Waals surface area contributed by atoms with Crippen LogP contribution in [-0.2, 0) is 4.74 Å². The number of nitrogens with one attached hydrogen (secondary N) is 1. The van der Waals surface area contributed by atoms with Crippen LogP contribution in [0.25, 0.3) is 0 Å². The second-order valence-corrected chi connectivity index (χ2v) is 3.03. The summed E-state index contributed by atoms with van der Waals surface area (Å²) in [6, 6.07) is -0.197. The number of rotatable bonds is 7. The molecule has 0 aromatic heterocycles. The Hall–Kier alpha value is -0.330. The number of hydrogen-bond donors (Lipinski definition) is 2. The van der Waals surface area contributed by atoms with Crippen LogP contribution in [0.4, 0.5) is 13.2 Å². The molecule has 1 atom stereocenters. The number of halogens is 3. The number of ether oxygens (including phenoxy) is 1. The molecule has 0 saturated carbocycles. The fourth-order valence-electron chi connectivity index (χ4n) is 1.02. The van der Waals surface area contributed by atoms with E-state index in [1.54, 1.807) is 0 Å². The average Bonchev–Trinajstić information content (AvgIpc) is 2.09. The molecule has 0 aromatic carbocycles. The summed E-state index contributed by atoms with van der Waals surface area (Å²) >= 11 is 0. The summed E-state index contributed by atoms with van der Waals surface area (Å²) in [5.74, 6) is 5.15. The van der Waals surface area contributed by atoms with Gasteiger partial charge in [0.2, 0.25) is 0 Å². The first-order valence-corrected chi connectivity index (χ1v) is 4.60. The molecule has 0 aliphatic rings. The molecule has 0 aromatic rings. The summed E-state index contributed by atoms with van der Waals surface area (Å²) in [5, 5.41) is 0. The van der Waals surface area contributed by atoms with Crippen molar-refractivity contribution in [1.29, 1.82) is 0 Å². The predicted octanol–water partition coefficient (Wildman–Crippen LogP) is 1.59. The van der Waals surface area contributed by atoms with Gasteiger partial charge in [0.05, 0.1) is 6.61 Å². The van der Waals surface area contributed by atoms with Crippen molar-refractivity contribution in [2.45, 2.75) is 38.4 Å². The lowest BCUT2D eigenvalue weighted by molar-refractivity contribution is -0.136. The van der Waals surface area contributed by atoms with Gasteiger partial charge in [-0.25, -0.2) is 0 Å². The van der Waals surface area contributed by atoms with Crippen LogP contribution in [0.1, 0.15) is 26.2 Å². The predicted molar refractivity (Wildman–Crippen MR) is 47.5 cm³/mol. The van der Waals surface area contributed by atoms with Crippen molar-refractivity contribution in [1.82, 2.24) is 5.43 Å². The maximum atomic E-state index is 11.8. The molecule has 0 amide bonds. The van der Waals surface area contributed by atoms with Crippen molar-refractivity contribution in [3.8, 4) is 0 Å². The van der Waals surface area contributed by atoms with E-state index < -0.39 is 12.6 Å². The molecule has 0 heterocycles. The van der Waals surface area contributed by atoms with Crippen molar-refractivity contribution < 1.29 is 17.9 Å². The first-order valence-electron chi connectivity index (χ1n) is 4.60. The van der Waals surface area contributed by atoms with Crippen molar-refractivity contribution in [3.63, 3.8) is 0 Å². The second kappa shape index (κ2) is 7.03. The zero-order chi connectivity index (χ0) is 11.0. The largest absolute Gasteiger partial charge is 0.389 e. The summed E-state index contributed by atoms with van der Waals surface area (Å²) in [5.41, 5.74) is 2.43. The second-order valence-electron chi connectivity index (χ2n) is 3.03. The molecule has 14 heavy (non-hydrogen) atoms. The van der Waals surface area contributed by atoms with Crippen molar-refractivity contribution in [2.75, 3.05) is 13.2 Å². The fraction of sp³-hybridized carbons (Fsp3) is 1.00. The van der Waals surface area contributed by atoms with Gasteiger partial charge in [-0.1, -0.05) is 0 Å². The summed E-state index contributed by atoms with van der Waals surface area (Å²) in [4.78, 5) is 0. The lowest BCUT2D eigenvalue weighted by Gasteiger charge is -2.15. The quantitative estimate of drug-likeness (QED) is 0.499. The molecule has 0 rings (SSSR count). The summed E-state index contributed by atoms with van der Waals surface area (Å²) in [7, 11) is 0. The molecule has 0 bridgehead atoms. The summed E-state index contributed by atoms with van der Waals surface area (Å²) in [6.07, 6.45) is -4.40. The third-order valence-electron chi connectivity index (χ3n) is 1.77. The summed E-state index contributed by atoms with van der Waals surface area (Å²) < 4.78 is 40.4. The third kappa shape index (κ3) is 8.28. The van der Waals surface area contributed by atoms with Crippen molar-refractivity contribution >= 4 is 0 Å². The van der Waals surface area contributed by atoms with Crippen molar-refractivity contribution in [2.24, 2.45) is 5.84 Å². The van der Waals surface area contributed by atoms with Gasteiger partial charge in [-0.15, -0.1) is 0 Å². The third-order valence-corrected chi connectivity index (χ3v) is 1.77. The van der Waals surface area contributed by atoms with Gasteiger partial charge in [-0.2, -0.15) is 13.2 Å². The molecule has 3 N–H and O–H groups in total. The minimum atomic E-state index is -4.08. The first kappa shape index (κ1) is 13.7. The van der Waals surface area contributed by atoms with E-state index in [2.05, 4.69) is 5.43 Å². The Morgan fingerprint density at radius 2 is 2.07 bits per heavy atom. The van der Waals surface area contributed by atoms with Crippen LogP contribution in [0.3, 0.4) is 0 Å². The van der Waals surface area contributed by atoms with E-state index in [9.17, 15) is 13.2 Å². The molecule has 0 spiro atoms. The highest BCUT2D eigenvalue weighted by atomic mass is 19.4. The highest BCUT2D eigenvalue weighted by molar-refractivity contribution is 4.63. The van der Waals surface area contributed by atoms with E-state index in [1.807, 2.05) is 6.92 Å². The normalized spacial score (nSPS) is 14.4. The zero-order valence-electron chi connectivity index (χ0n) is 8.23. The Morgan fingerprint density at radius 1 is 1.43 bits per heavy atom. The van der Waals surface area contributed by atoms with Gasteiger partial charge in [0, 0.05) is 19.1 Å². The monoisotopic (exact) mass is 214 g/mol. The molecule has 0 radical (unpaired) electrons. The van der Waals surface area contributed by atoms with Gasteiger partial charge in [-0.3, -0.25) is 11.3 Å². The number of alkyl halides is 3. The molecular formula is C8H17F3N2O. The van der Waals surface area contributed by atoms with E-state index in [0.717, 1.165) is 0 Å². The average molecular weight is 214 g/mol. The van der Waals surface area contributed by atoms with E-state index in [0.29, 0.717) is 19.6 Å². The van der Waals surface area contributed by atoms with Crippen LogP contribution in [0, 0.1) is 0 Å². The molecule has 3 nitrogen and oxygen atoms in total. The molecule has 86 valence electrons. The van der Waals surface area contributed by atoms with Gasteiger partial charge in [-0.05, 0) is 19.8 Å². The molecule has 0 aliphatic carbocycles. The molecule has 0 aliphatic heterocycles. The van der Waals surface area contributed by atoms with E-state index in [-0.39, 0.29) is 12.5 Å². The van der Waals surface area contributed by atoms with Gasteiger partial charge in [0.1, 0.15) is 0 Å². The zero-order valence-corrected chi connectivity index (χ0v) is 8.23. The van der Waals surface area contributed by atoms with Gasteiger partial charge >= 0.3 is 6.18 Å². The molecule has 1 unspecified atom stereocenters. The van der Waals surface area contributed by atoms with Gasteiger partial charge < -0.3 is 4.74 Å². The number of hydrogen-bond acceptors (Lipinski definition) is 3. The fourth-order valence-corrected chi connectivity index (χ4v) is 1.02. The van der Waals surface area contributed by atoms with E-state index in [1.165, 1.54) is 0 Å². The van der Waals surface area contributed by atoms with Crippen LogP contribution in [0.2, 0.25) is 0 Å². The van der Waals surface area contributed by atoms with Gasteiger partial charge in [0.15, 0.2) is 0 Å². The minimum Gasteiger partial charge on any atom is -0.380 e. The van der Waals surface area contributed by atoms with Crippen LogP contribution < -0.4 is 11.3 Å². The molecular weight excluding hydrogens is 197 g/mol. The van der Waals surface area contributed by atoms with Crippen LogP contribution in [0.5, 0.6) is 0 Å². The summed E-state index contributed by atoms with van der Waals surface area (Å²) in [6.45, 7) is 2.71. The SMILES string of the molecule is CCOCC(CCCC(F)(F)F)NN. The molecule has 0 fully saturated rings. The highest BCUT2D eigenvalue weighted by Gasteiger charge is 2.26. The topological polar surface area (TPSA) is 47.3 Å². The van der Waals surface area contributed by atoms with E-state index in [4.69, 9.17) is 10.6 Å². The van der Waals surface area contributed by atoms with Crippen LogP contribution in [-0.4, -0.2) is 25.4 Å². The minimum absolute atomic E-state index is 0.0748. The van der Waals surface area contributed by atoms with Crippen molar-refractivity contribution in [3.05, 3.63) is 0 Å². The number of hydrazine groups is 1. The maximum absolute atomic E-state index is 11.8. The Kier molecular flexibility index (Phi) is 6.86. The Bertz CT molecular complexity index is 141. The Balaban J connectivity index is 3.52. The Labute approximate surface area is 81.8 Å². The number of nitrogens with two attached hydrogens (primary N) is 1. The van der Waals surface area contributed by atoms with Crippen LogP contribution in [0.15, 0.2) is 0 Å². The highest BCUT2D eigenvalue weighted by Crippen LogP contribution is 2.22. The maximum Gasteiger partial charge on any atom is 0.389 e. The lowest BCUT2D eigenvalue weighted by atomic mass is 10.1. The Morgan fingerprint density at radius 3 is 2.50 bits per heavy atom. The van der Waals surface area contributed by atoms with Crippen LogP contribution >= 0.6 is 0 Å². The lowest BCUT2D eigenvalue weighted by Crippen LogP contribution is -2.38. The van der Waals surface area contributed by atoms with Gasteiger partial charge in [0.25, 0.3) is 0 Å². The molecule has 6 heteroatoms. The standard InChI is InChI=1S/C8H17F3N2O/c1-2-14-6-7(13-12)4-3-5-8(9,10)11/h7,13H,2-6,12H2,1H3.